The van der Waals surface area contributed by atoms with Gasteiger partial charge in [-0.25, -0.2) is 9.59 Å². The number of oxazole rings is 1. The molecule has 34 heavy (non-hydrogen) atoms. The van der Waals surface area contributed by atoms with Gasteiger partial charge in [0, 0.05) is 30.4 Å². The van der Waals surface area contributed by atoms with Gasteiger partial charge in [0.25, 0.3) is 0 Å². The number of urea groups is 1. The largest absolute Gasteiger partial charge is 0.419 e. The van der Waals surface area contributed by atoms with Crippen LogP contribution in [0.25, 0.3) is 11.1 Å². The van der Waals surface area contributed by atoms with E-state index in [0.29, 0.717) is 29.3 Å². The molecular weight excluding hydrogens is 454 g/mol. The lowest BCUT2D eigenvalue weighted by molar-refractivity contribution is 0.247. The number of unbranched alkanes of at least 4 members (excludes halogenated alkanes) is 3. The standard InChI is InChI=1S/C24H31N5O4S/c1-15-10-11-18-17(13-15)29(24(31)32-18)12-6-5-8-20-26-21(33-28-20)9-4-2-3-7-19-22-16(14-34-19)25-23(30)27-22/h10-11,13,16,19,22H,2-9,12,14H2,1H3,(H2,25,27,30). The third kappa shape index (κ3) is 5.16. The summed E-state index contributed by atoms with van der Waals surface area (Å²) in [7, 11) is 0. The molecule has 2 aromatic heterocycles. The summed E-state index contributed by atoms with van der Waals surface area (Å²) >= 11 is 1.96. The first-order chi connectivity index (χ1) is 16.6. The normalized spacial score (nSPS) is 21.7. The van der Waals surface area contributed by atoms with Crippen molar-refractivity contribution in [3.05, 3.63) is 46.0 Å². The Balaban J connectivity index is 0.993. The van der Waals surface area contributed by atoms with E-state index < -0.39 is 0 Å². The number of amides is 2. The van der Waals surface area contributed by atoms with E-state index >= 15 is 0 Å². The van der Waals surface area contributed by atoms with Crippen LogP contribution in [-0.4, -0.2) is 43.8 Å². The van der Waals surface area contributed by atoms with Crippen molar-refractivity contribution < 1.29 is 13.7 Å². The van der Waals surface area contributed by atoms with Crippen molar-refractivity contribution in [3.8, 4) is 0 Å². The number of hydrogen-bond donors (Lipinski definition) is 2. The molecule has 3 aromatic rings. The fourth-order valence-electron chi connectivity index (χ4n) is 4.87. The smallest absolute Gasteiger partial charge is 0.408 e. The van der Waals surface area contributed by atoms with E-state index in [1.807, 2.05) is 36.9 Å². The minimum absolute atomic E-state index is 0.0218. The van der Waals surface area contributed by atoms with Crippen molar-refractivity contribution in [2.45, 2.75) is 82.2 Å². The van der Waals surface area contributed by atoms with E-state index in [-0.39, 0.29) is 17.8 Å². The number of carbonyl (C=O) groups excluding carboxylic acids is 1. The third-order valence-corrected chi connectivity index (χ3v) is 8.19. The second kappa shape index (κ2) is 10.2. The van der Waals surface area contributed by atoms with Gasteiger partial charge in [-0.1, -0.05) is 24.1 Å². The van der Waals surface area contributed by atoms with Crippen LogP contribution in [0.4, 0.5) is 4.79 Å². The van der Waals surface area contributed by atoms with Gasteiger partial charge in [0.15, 0.2) is 11.4 Å². The van der Waals surface area contributed by atoms with Gasteiger partial charge < -0.3 is 19.6 Å². The molecule has 3 atom stereocenters. The molecule has 2 aliphatic rings. The topological polar surface area (TPSA) is 115 Å². The van der Waals surface area contributed by atoms with Gasteiger partial charge in [0.1, 0.15) is 0 Å². The van der Waals surface area contributed by atoms with E-state index in [9.17, 15) is 9.59 Å². The highest BCUT2D eigenvalue weighted by Gasteiger charge is 2.42. The molecule has 2 amide bonds. The van der Waals surface area contributed by atoms with Crippen molar-refractivity contribution in [1.82, 2.24) is 25.3 Å². The van der Waals surface area contributed by atoms with Gasteiger partial charge in [0.2, 0.25) is 5.89 Å². The van der Waals surface area contributed by atoms with Gasteiger partial charge in [0.05, 0.1) is 17.6 Å². The quantitative estimate of drug-likeness (QED) is 0.315. The molecule has 0 spiro atoms. The van der Waals surface area contributed by atoms with Gasteiger partial charge in [-0.2, -0.15) is 16.7 Å². The van der Waals surface area contributed by atoms with Crippen LogP contribution in [0.2, 0.25) is 0 Å². The fourth-order valence-corrected chi connectivity index (χ4v) is 6.42. The molecule has 0 radical (unpaired) electrons. The van der Waals surface area contributed by atoms with E-state index in [2.05, 4.69) is 20.8 Å². The molecule has 2 N–H and O–H groups in total. The van der Waals surface area contributed by atoms with Crippen molar-refractivity contribution in [1.29, 1.82) is 0 Å². The average molecular weight is 486 g/mol. The first kappa shape index (κ1) is 23.0. The second-order valence-electron chi connectivity index (χ2n) is 9.27. The molecule has 0 aliphatic carbocycles. The minimum Gasteiger partial charge on any atom is -0.408 e. The first-order valence-electron chi connectivity index (χ1n) is 12.2. The molecule has 0 bridgehead atoms. The molecular formula is C24H31N5O4S. The summed E-state index contributed by atoms with van der Waals surface area (Å²) in [4.78, 5) is 28.1. The van der Waals surface area contributed by atoms with Crippen LogP contribution in [0.3, 0.4) is 0 Å². The molecule has 2 saturated heterocycles. The Morgan fingerprint density at radius 2 is 2.00 bits per heavy atom. The molecule has 2 fully saturated rings. The molecule has 10 heteroatoms. The number of aromatic nitrogens is 3. The lowest BCUT2D eigenvalue weighted by Gasteiger charge is -2.16. The summed E-state index contributed by atoms with van der Waals surface area (Å²) < 4.78 is 12.4. The Labute approximate surface area is 202 Å². The zero-order valence-corrected chi connectivity index (χ0v) is 20.2. The number of rotatable bonds is 11. The summed E-state index contributed by atoms with van der Waals surface area (Å²) in [6.45, 7) is 2.62. The van der Waals surface area contributed by atoms with Crippen LogP contribution >= 0.6 is 11.8 Å². The van der Waals surface area contributed by atoms with Crippen LogP contribution in [0.5, 0.6) is 0 Å². The number of carbonyl (C=O) groups is 1. The van der Waals surface area contributed by atoms with Crippen LogP contribution in [0.1, 0.15) is 55.8 Å². The SMILES string of the molecule is Cc1ccc2oc(=O)n(CCCCc3noc(CCCCCC4SCC5NC(=O)NC54)n3)c2c1. The highest BCUT2D eigenvalue weighted by atomic mass is 32.2. The van der Waals surface area contributed by atoms with Crippen molar-refractivity contribution in [3.63, 3.8) is 0 Å². The monoisotopic (exact) mass is 485 g/mol. The average Bonchev–Trinajstić information content (AvgIpc) is 3.56. The number of fused-ring (bicyclic) bond motifs is 2. The van der Waals surface area contributed by atoms with E-state index in [0.717, 1.165) is 74.0 Å². The number of nitrogens with one attached hydrogen (secondary N) is 2. The number of benzene rings is 1. The van der Waals surface area contributed by atoms with Crippen LogP contribution in [0.15, 0.2) is 31.9 Å². The Kier molecular flexibility index (Phi) is 6.94. The molecule has 1 aromatic carbocycles. The summed E-state index contributed by atoms with van der Waals surface area (Å²) in [6.07, 6.45) is 7.63. The van der Waals surface area contributed by atoms with Crippen LogP contribution in [-0.2, 0) is 19.4 Å². The van der Waals surface area contributed by atoms with Gasteiger partial charge >= 0.3 is 11.8 Å². The Morgan fingerprint density at radius 1 is 1.12 bits per heavy atom. The predicted octanol–water partition coefficient (Wildman–Crippen LogP) is 3.58. The minimum atomic E-state index is -0.307. The molecule has 182 valence electrons. The summed E-state index contributed by atoms with van der Waals surface area (Å²) in [6, 6.07) is 6.33. The lowest BCUT2D eigenvalue weighted by Crippen LogP contribution is -2.36. The number of hydrogen-bond acceptors (Lipinski definition) is 7. The van der Waals surface area contributed by atoms with Crippen molar-refractivity contribution in [2.75, 3.05) is 5.75 Å². The molecule has 4 heterocycles. The van der Waals surface area contributed by atoms with Crippen LogP contribution in [0, 0.1) is 6.92 Å². The third-order valence-electron chi connectivity index (χ3n) is 6.68. The van der Waals surface area contributed by atoms with E-state index in [1.54, 1.807) is 4.57 Å². The molecule has 5 rings (SSSR count). The first-order valence-corrected chi connectivity index (χ1v) is 13.2. The summed E-state index contributed by atoms with van der Waals surface area (Å²) in [5.74, 6) is 2.13. The van der Waals surface area contributed by atoms with Gasteiger partial charge in [-0.15, -0.1) is 0 Å². The number of thioether (sulfide) groups is 1. The van der Waals surface area contributed by atoms with Crippen molar-refractivity contribution in [2.24, 2.45) is 0 Å². The highest BCUT2D eigenvalue weighted by molar-refractivity contribution is 8.00. The van der Waals surface area contributed by atoms with Gasteiger partial charge in [-0.05, 0) is 50.3 Å². The maximum Gasteiger partial charge on any atom is 0.419 e. The second-order valence-corrected chi connectivity index (χ2v) is 10.5. The molecule has 0 saturated carbocycles. The van der Waals surface area contributed by atoms with Gasteiger partial charge in [-0.3, -0.25) is 4.57 Å². The predicted molar refractivity (Wildman–Crippen MR) is 130 cm³/mol. The van der Waals surface area contributed by atoms with Crippen molar-refractivity contribution >= 4 is 28.9 Å². The maximum absolute atomic E-state index is 12.1. The number of aryl methyl sites for hydroxylation is 4. The van der Waals surface area contributed by atoms with E-state index in [4.69, 9.17) is 8.94 Å². The maximum atomic E-state index is 12.1. The molecule has 9 nitrogen and oxygen atoms in total. The Morgan fingerprint density at radius 3 is 2.91 bits per heavy atom. The zero-order valence-electron chi connectivity index (χ0n) is 19.4. The van der Waals surface area contributed by atoms with Crippen LogP contribution < -0.4 is 16.4 Å². The summed E-state index contributed by atoms with van der Waals surface area (Å²) in [5, 5.41) is 10.7. The molecule has 2 aliphatic heterocycles. The number of nitrogens with zero attached hydrogens (tertiary/aromatic N) is 3. The summed E-state index contributed by atoms with van der Waals surface area (Å²) in [5.41, 5.74) is 2.59. The highest BCUT2D eigenvalue weighted by Crippen LogP contribution is 2.33. The zero-order chi connectivity index (χ0) is 23.5. The Bertz CT molecular complexity index is 1200. The Hall–Kier alpha value is -2.75. The lowest BCUT2D eigenvalue weighted by atomic mass is 10.0. The fraction of sp³-hybridized carbons (Fsp3) is 0.583. The van der Waals surface area contributed by atoms with E-state index in [1.165, 1.54) is 0 Å². The molecule has 3 unspecified atom stereocenters.